The van der Waals surface area contributed by atoms with Crippen LogP contribution >= 0.6 is 0 Å². The second-order valence-electron chi connectivity index (χ2n) is 4.20. The minimum atomic E-state index is 0.603. The molecule has 0 aromatic rings. The predicted octanol–water partition coefficient (Wildman–Crippen LogP) is 3.83. The van der Waals surface area contributed by atoms with Crippen molar-refractivity contribution in [1.29, 1.82) is 0 Å². The summed E-state index contributed by atoms with van der Waals surface area (Å²) < 4.78 is 0. The van der Waals surface area contributed by atoms with Gasteiger partial charge in [-0.25, -0.2) is 0 Å². The van der Waals surface area contributed by atoms with Crippen molar-refractivity contribution < 1.29 is 0 Å². The van der Waals surface area contributed by atoms with Gasteiger partial charge in [0.15, 0.2) is 0 Å². The Hall–Kier alpha value is -0.720. The van der Waals surface area contributed by atoms with E-state index < -0.39 is 0 Å². The van der Waals surface area contributed by atoms with Gasteiger partial charge in [0.1, 0.15) is 0 Å². The largest absolute Gasteiger partial charge is 0.375 e. The molecule has 14 heavy (non-hydrogen) atoms. The molecule has 0 radical (unpaired) electrons. The molecule has 0 bridgehead atoms. The highest BCUT2D eigenvalue weighted by Gasteiger charge is 2.14. The lowest BCUT2D eigenvalue weighted by molar-refractivity contribution is 0.251. The standard InChI is InChI=1S/C13H25N/c1-7-9-10-13(8-2)14(6)12(5)11(3)4/h7-8,11-12H,1,9-10H2,2-6H3/b13-8+/t12-/m0/s1. The molecule has 0 saturated heterocycles. The maximum absolute atomic E-state index is 3.76. The number of allylic oxidation sites excluding steroid dienone is 3. The van der Waals surface area contributed by atoms with Gasteiger partial charge < -0.3 is 4.90 Å². The van der Waals surface area contributed by atoms with Crippen LogP contribution in [-0.2, 0) is 0 Å². The van der Waals surface area contributed by atoms with Crippen LogP contribution in [0.3, 0.4) is 0 Å². The Bertz CT molecular complexity index is 191. The van der Waals surface area contributed by atoms with E-state index in [0.29, 0.717) is 12.0 Å². The molecule has 0 aliphatic heterocycles. The maximum atomic E-state index is 3.76. The average Bonchev–Trinajstić information content (AvgIpc) is 2.17. The van der Waals surface area contributed by atoms with Crippen LogP contribution in [0.2, 0.25) is 0 Å². The van der Waals surface area contributed by atoms with Crippen LogP contribution in [0.15, 0.2) is 24.4 Å². The zero-order valence-corrected chi connectivity index (χ0v) is 10.4. The smallest absolute Gasteiger partial charge is 0.0278 e. The number of hydrogen-bond donors (Lipinski definition) is 0. The lowest BCUT2D eigenvalue weighted by Gasteiger charge is -2.32. The number of hydrogen-bond acceptors (Lipinski definition) is 1. The molecule has 1 heteroatoms. The van der Waals surface area contributed by atoms with E-state index in [2.05, 4.69) is 52.3 Å². The zero-order valence-electron chi connectivity index (χ0n) is 10.4. The first-order valence-electron chi connectivity index (χ1n) is 5.53. The van der Waals surface area contributed by atoms with Crippen LogP contribution in [0, 0.1) is 5.92 Å². The molecule has 0 spiro atoms. The highest BCUT2D eigenvalue weighted by Crippen LogP contribution is 2.17. The monoisotopic (exact) mass is 195 g/mol. The Morgan fingerprint density at radius 3 is 2.29 bits per heavy atom. The predicted molar refractivity (Wildman–Crippen MR) is 65.3 cm³/mol. The fourth-order valence-electron chi connectivity index (χ4n) is 1.48. The second-order valence-corrected chi connectivity index (χ2v) is 4.20. The van der Waals surface area contributed by atoms with Crippen molar-refractivity contribution in [3.05, 3.63) is 24.4 Å². The topological polar surface area (TPSA) is 3.24 Å². The molecule has 0 unspecified atom stereocenters. The van der Waals surface area contributed by atoms with Crippen molar-refractivity contribution in [1.82, 2.24) is 4.90 Å². The first kappa shape index (κ1) is 13.3. The van der Waals surface area contributed by atoms with E-state index in [-0.39, 0.29) is 0 Å². The van der Waals surface area contributed by atoms with E-state index in [0.717, 1.165) is 12.8 Å². The van der Waals surface area contributed by atoms with Crippen LogP contribution in [0.4, 0.5) is 0 Å². The third kappa shape index (κ3) is 3.99. The van der Waals surface area contributed by atoms with Gasteiger partial charge in [0.2, 0.25) is 0 Å². The molecule has 0 N–H and O–H groups in total. The summed E-state index contributed by atoms with van der Waals surface area (Å²) in [4.78, 5) is 2.38. The summed E-state index contributed by atoms with van der Waals surface area (Å²) in [6.07, 6.45) is 6.36. The maximum Gasteiger partial charge on any atom is 0.0278 e. The van der Waals surface area contributed by atoms with Gasteiger partial charge in [-0.3, -0.25) is 0 Å². The minimum Gasteiger partial charge on any atom is -0.375 e. The van der Waals surface area contributed by atoms with Gasteiger partial charge in [0.25, 0.3) is 0 Å². The Kier molecular flexibility index (Phi) is 6.35. The molecule has 0 amide bonds. The zero-order chi connectivity index (χ0) is 11.1. The van der Waals surface area contributed by atoms with Crippen molar-refractivity contribution in [2.45, 2.75) is 46.6 Å². The molecule has 82 valence electrons. The SMILES string of the molecule is C=CCC/C(=C\C)N(C)[C@@H](C)C(C)C. The first-order chi connectivity index (χ1) is 6.54. The van der Waals surface area contributed by atoms with Crippen molar-refractivity contribution in [3.63, 3.8) is 0 Å². The Labute approximate surface area is 89.5 Å². The molecule has 0 rings (SSSR count). The molecular formula is C13H25N. The van der Waals surface area contributed by atoms with E-state index in [4.69, 9.17) is 0 Å². The second kappa shape index (κ2) is 6.69. The molecule has 1 nitrogen and oxygen atoms in total. The fourth-order valence-corrected chi connectivity index (χ4v) is 1.48. The van der Waals surface area contributed by atoms with Crippen molar-refractivity contribution >= 4 is 0 Å². The highest BCUT2D eigenvalue weighted by atomic mass is 15.1. The molecule has 0 fully saturated rings. The van der Waals surface area contributed by atoms with Crippen molar-refractivity contribution in [2.75, 3.05) is 7.05 Å². The number of rotatable bonds is 6. The van der Waals surface area contributed by atoms with Crippen LogP contribution in [0.5, 0.6) is 0 Å². The van der Waals surface area contributed by atoms with Gasteiger partial charge in [0, 0.05) is 18.8 Å². The average molecular weight is 195 g/mol. The van der Waals surface area contributed by atoms with Gasteiger partial charge in [-0.1, -0.05) is 26.0 Å². The molecular weight excluding hydrogens is 170 g/mol. The lowest BCUT2D eigenvalue weighted by atomic mass is 10.0. The van der Waals surface area contributed by atoms with E-state index in [9.17, 15) is 0 Å². The van der Waals surface area contributed by atoms with Crippen LogP contribution < -0.4 is 0 Å². The fraction of sp³-hybridized carbons (Fsp3) is 0.692. The van der Waals surface area contributed by atoms with Crippen LogP contribution in [0.25, 0.3) is 0 Å². The molecule has 0 saturated carbocycles. The molecule has 0 aromatic carbocycles. The summed E-state index contributed by atoms with van der Waals surface area (Å²) in [5.41, 5.74) is 1.42. The van der Waals surface area contributed by atoms with Crippen LogP contribution in [-0.4, -0.2) is 18.0 Å². The summed E-state index contributed by atoms with van der Waals surface area (Å²) in [6, 6.07) is 0.603. The third-order valence-electron chi connectivity index (χ3n) is 2.97. The van der Waals surface area contributed by atoms with Gasteiger partial charge in [-0.2, -0.15) is 0 Å². The van der Waals surface area contributed by atoms with E-state index >= 15 is 0 Å². The summed E-state index contributed by atoms with van der Waals surface area (Å²) >= 11 is 0. The van der Waals surface area contributed by atoms with E-state index in [1.54, 1.807) is 0 Å². The third-order valence-corrected chi connectivity index (χ3v) is 2.97. The van der Waals surface area contributed by atoms with Crippen LogP contribution in [0.1, 0.15) is 40.5 Å². The summed E-state index contributed by atoms with van der Waals surface area (Å²) in [7, 11) is 2.18. The quantitative estimate of drug-likeness (QED) is 0.582. The molecule has 0 aromatic heterocycles. The summed E-state index contributed by atoms with van der Waals surface area (Å²) in [5.74, 6) is 0.693. The van der Waals surface area contributed by atoms with Gasteiger partial charge in [-0.15, -0.1) is 6.58 Å². The van der Waals surface area contributed by atoms with Gasteiger partial charge in [-0.05, 0) is 32.6 Å². The molecule has 0 heterocycles. The Morgan fingerprint density at radius 2 is 1.93 bits per heavy atom. The molecule has 0 aliphatic carbocycles. The van der Waals surface area contributed by atoms with Crippen molar-refractivity contribution in [3.8, 4) is 0 Å². The molecule has 0 aliphatic rings. The minimum absolute atomic E-state index is 0.603. The Balaban J connectivity index is 4.31. The van der Waals surface area contributed by atoms with E-state index in [1.807, 2.05) is 6.08 Å². The van der Waals surface area contributed by atoms with Crippen molar-refractivity contribution in [2.24, 2.45) is 5.92 Å². The normalized spacial score (nSPS) is 14.3. The summed E-state index contributed by atoms with van der Waals surface area (Å²) in [6.45, 7) is 12.7. The molecule has 1 atom stereocenters. The van der Waals surface area contributed by atoms with Gasteiger partial charge in [0.05, 0.1) is 0 Å². The lowest BCUT2D eigenvalue weighted by Crippen LogP contribution is -2.32. The summed E-state index contributed by atoms with van der Waals surface area (Å²) in [5, 5.41) is 0. The van der Waals surface area contributed by atoms with E-state index in [1.165, 1.54) is 5.70 Å². The highest BCUT2D eigenvalue weighted by molar-refractivity contribution is 5.01. The first-order valence-corrected chi connectivity index (χ1v) is 5.53. The van der Waals surface area contributed by atoms with Gasteiger partial charge >= 0.3 is 0 Å². The Morgan fingerprint density at radius 1 is 1.36 bits per heavy atom. The number of nitrogens with zero attached hydrogens (tertiary/aromatic N) is 1.